The molecule has 2 rings (SSSR count). The van der Waals surface area contributed by atoms with Crippen molar-refractivity contribution in [2.45, 2.75) is 59.0 Å². The molecule has 5 atom stereocenters. The lowest BCUT2D eigenvalue weighted by atomic mass is 9.79. The van der Waals surface area contributed by atoms with Crippen molar-refractivity contribution >= 4 is 18.7 Å². The van der Waals surface area contributed by atoms with Crippen LogP contribution in [0.2, 0.25) is 0 Å². The van der Waals surface area contributed by atoms with Crippen molar-refractivity contribution in [3.63, 3.8) is 0 Å². The van der Waals surface area contributed by atoms with Gasteiger partial charge in [-0.3, -0.25) is 4.79 Å². The summed E-state index contributed by atoms with van der Waals surface area (Å²) in [5.41, 5.74) is 0. The summed E-state index contributed by atoms with van der Waals surface area (Å²) in [5, 5.41) is 0. The molecule has 0 aromatic carbocycles. The Kier molecular flexibility index (Phi) is 7.58. The van der Waals surface area contributed by atoms with Gasteiger partial charge in [0.15, 0.2) is 6.29 Å². The number of amides is 1. The Hall–Kier alpha value is -1.05. The van der Waals surface area contributed by atoms with Crippen molar-refractivity contribution in [3.8, 4) is 0 Å². The molecule has 1 aromatic heterocycles. The molecule has 1 aliphatic heterocycles. The Morgan fingerprint density at radius 2 is 2.08 bits per heavy atom. The smallest absolute Gasteiger partial charge is 0.229 e. The number of ether oxygens (including phenoxy) is 2. The summed E-state index contributed by atoms with van der Waals surface area (Å²) in [4.78, 5) is 15.2. The van der Waals surface area contributed by atoms with Gasteiger partial charge in [-0.05, 0) is 24.7 Å². The maximum absolute atomic E-state index is 11.1. The van der Waals surface area contributed by atoms with E-state index in [4.69, 9.17) is 9.47 Å². The van der Waals surface area contributed by atoms with Gasteiger partial charge in [-0.25, -0.2) is 4.98 Å². The summed E-state index contributed by atoms with van der Waals surface area (Å²) in [6, 6.07) is 0. The van der Waals surface area contributed by atoms with Crippen LogP contribution in [0.15, 0.2) is 18.7 Å². The van der Waals surface area contributed by atoms with E-state index in [1.54, 1.807) is 6.20 Å². The van der Waals surface area contributed by atoms with Gasteiger partial charge in [-0.1, -0.05) is 33.6 Å². The largest absolute Gasteiger partial charge is 0.352 e. The molecule has 0 saturated carbocycles. The molecule has 1 aromatic rings. The maximum Gasteiger partial charge on any atom is 0.229 e. The molecule has 1 saturated heterocycles. The first-order chi connectivity index (χ1) is 11.5. The molecule has 1 amide bonds. The van der Waals surface area contributed by atoms with Crippen LogP contribution in [0.5, 0.6) is 0 Å². The van der Waals surface area contributed by atoms with Gasteiger partial charge in [0, 0.05) is 31.3 Å². The highest BCUT2D eigenvalue weighted by Crippen LogP contribution is 2.36. The number of aromatic nitrogens is 2. The summed E-state index contributed by atoms with van der Waals surface area (Å²) in [7, 11) is 0. The zero-order valence-electron chi connectivity index (χ0n) is 14.7. The van der Waals surface area contributed by atoms with Crippen molar-refractivity contribution in [1.29, 1.82) is 0 Å². The number of carbonyl (C=O) groups excluding carboxylic acids is 1. The Balaban J connectivity index is 1.81. The van der Waals surface area contributed by atoms with E-state index < -0.39 is 0 Å². The van der Waals surface area contributed by atoms with E-state index in [1.165, 1.54) is 0 Å². The summed E-state index contributed by atoms with van der Waals surface area (Å²) in [5.74, 6) is 1.27. The van der Waals surface area contributed by atoms with Gasteiger partial charge in [0.1, 0.15) is 0 Å². The van der Waals surface area contributed by atoms with Gasteiger partial charge < -0.3 is 18.8 Å². The van der Waals surface area contributed by atoms with Crippen molar-refractivity contribution in [3.05, 3.63) is 18.7 Å². The van der Waals surface area contributed by atoms with Crippen LogP contribution < -0.4 is 4.72 Å². The Bertz CT molecular complexity index is 497. The molecule has 7 heteroatoms. The molecule has 136 valence electrons. The highest BCUT2D eigenvalue weighted by molar-refractivity contribution is 7.78. The molecule has 1 aliphatic rings. The first-order valence-corrected chi connectivity index (χ1v) is 9.13. The third-order valence-corrected chi connectivity index (χ3v) is 5.39. The molecular weight excluding hydrogens is 326 g/mol. The van der Waals surface area contributed by atoms with Crippen LogP contribution in [-0.4, -0.2) is 34.5 Å². The highest BCUT2D eigenvalue weighted by Gasteiger charge is 2.39. The van der Waals surface area contributed by atoms with Gasteiger partial charge in [0.05, 0.1) is 19.0 Å². The lowest BCUT2D eigenvalue weighted by molar-refractivity contribution is -0.250. The summed E-state index contributed by atoms with van der Waals surface area (Å²) < 4.78 is 16.6. The molecule has 0 bridgehead atoms. The van der Waals surface area contributed by atoms with Crippen LogP contribution in [0.25, 0.3) is 0 Å². The van der Waals surface area contributed by atoms with Crippen molar-refractivity contribution in [1.82, 2.24) is 14.3 Å². The number of hydrogen-bond donors (Lipinski definition) is 2. The molecular formula is C17H29N3O3S. The van der Waals surface area contributed by atoms with Crippen LogP contribution in [0.3, 0.4) is 0 Å². The summed E-state index contributed by atoms with van der Waals surface area (Å²) in [6.07, 6.45) is 7.59. The SMILES string of the molecule is CC1C(Cn2ccnc2)OC(OCCCCC(=O)NS)C(C)C1C. The minimum Gasteiger partial charge on any atom is -0.352 e. The van der Waals surface area contributed by atoms with Crippen LogP contribution in [0, 0.1) is 17.8 Å². The quantitative estimate of drug-likeness (QED) is 0.556. The average Bonchev–Trinajstić information content (AvgIpc) is 3.09. The normalized spacial score (nSPS) is 30.2. The monoisotopic (exact) mass is 355 g/mol. The number of thiol groups is 1. The van der Waals surface area contributed by atoms with E-state index in [0.717, 1.165) is 19.4 Å². The van der Waals surface area contributed by atoms with Crippen molar-refractivity contribution in [2.24, 2.45) is 17.8 Å². The second kappa shape index (κ2) is 9.44. The summed E-state index contributed by atoms with van der Waals surface area (Å²) >= 11 is 3.74. The Morgan fingerprint density at radius 1 is 1.29 bits per heavy atom. The zero-order chi connectivity index (χ0) is 17.5. The molecule has 6 nitrogen and oxygen atoms in total. The zero-order valence-corrected chi connectivity index (χ0v) is 15.6. The molecule has 2 heterocycles. The maximum atomic E-state index is 11.1. The van der Waals surface area contributed by atoms with Crippen LogP contribution in [0.1, 0.15) is 40.0 Å². The second-order valence-corrected chi connectivity index (χ2v) is 6.97. The Labute approximate surface area is 149 Å². The number of nitrogens with zero attached hydrogens (tertiary/aromatic N) is 2. The van der Waals surface area contributed by atoms with Gasteiger partial charge in [0.2, 0.25) is 5.91 Å². The third-order valence-electron chi connectivity index (χ3n) is 5.14. The second-order valence-electron chi connectivity index (χ2n) is 6.74. The summed E-state index contributed by atoms with van der Waals surface area (Å²) in [6.45, 7) is 8.10. The van der Waals surface area contributed by atoms with E-state index in [1.807, 2.05) is 12.5 Å². The van der Waals surface area contributed by atoms with Crippen LogP contribution in [-0.2, 0) is 20.8 Å². The fourth-order valence-corrected chi connectivity index (χ4v) is 3.24. The van der Waals surface area contributed by atoms with Gasteiger partial charge in [0.25, 0.3) is 0 Å². The predicted molar refractivity (Wildman–Crippen MR) is 95.3 cm³/mol. The topological polar surface area (TPSA) is 65.4 Å². The molecule has 0 spiro atoms. The van der Waals surface area contributed by atoms with Crippen molar-refractivity contribution in [2.75, 3.05) is 6.61 Å². The molecule has 1 N–H and O–H groups in total. The van der Waals surface area contributed by atoms with Gasteiger partial charge >= 0.3 is 0 Å². The lowest BCUT2D eigenvalue weighted by Crippen LogP contribution is -2.47. The fourth-order valence-electron chi connectivity index (χ4n) is 3.13. The molecule has 24 heavy (non-hydrogen) atoms. The number of imidazole rings is 1. The first kappa shape index (κ1) is 19.3. The number of nitrogens with one attached hydrogen (secondary N) is 1. The molecule has 0 aliphatic carbocycles. The van der Waals surface area contributed by atoms with Crippen LogP contribution in [0.4, 0.5) is 0 Å². The lowest BCUT2D eigenvalue weighted by Gasteiger charge is -2.43. The number of carbonyl (C=O) groups is 1. The minimum absolute atomic E-state index is 0.0524. The number of hydrogen-bond acceptors (Lipinski definition) is 5. The first-order valence-electron chi connectivity index (χ1n) is 8.68. The standard InChI is InChI=1S/C17H29N3O3S/c1-12-13(2)15(10-20-8-7-18-11-20)23-17(14(12)3)22-9-5-4-6-16(21)19-24/h7-8,11-15,17,24H,4-6,9-10H2,1-3H3,(H,19,21). The van der Waals surface area contributed by atoms with Crippen LogP contribution >= 0.6 is 12.8 Å². The third kappa shape index (κ3) is 5.22. The van der Waals surface area contributed by atoms with E-state index >= 15 is 0 Å². The van der Waals surface area contributed by atoms with Crippen molar-refractivity contribution < 1.29 is 14.3 Å². The van der Waals surface area contributed by atoms with E-state index in [9.17, 15) is 4.79 Å². The molecule has 0 radical (unpaired) electrons. The fraction of sp³-hybridized carbons (Fsp3) is 0.765. The minimum atomic E-state index is -0.191. The van der Waals surface area contributed by atoms with E-state index in [0.29, 0.717) is 30.8 Å². The molecule has 1 fully saturated rings. The Morgan fingerprint density at radius 3 is 2.75 bits per heavy atom. The predicted octanol–water partition coefficient (Wildman–Crippen LogP) is 2.66. The number of unbranched alkanes of at least 4 members (excludes halogenated alkanes) is 1. The number of rotatable bonds is 8. The molecule has 5 unspecified atom stereocenters. The van der Waals surface area contributed by atoms with Gasteiger partial charge in [-0.2, -0.15) is 0 Å². The highest BCUT2D eigenvalue weighted by atomic mass is 32.1. The average molecular weight is 356 g/mol. The van der Waals surface area contributed by atoms with E-state index in [-0.39, 0.29) is 18.3 Å². The van der Waals surface area contributed by atoms with Gasteiger partial charge in [-0.15, -0.1) is 0 Å². The van der Waals surface area contributed by atoms with E-state index in [2.05, 4.69) is 47.9 Å².